The van der Waals surface area contributed by atoms with Crippen molar-refractivity contribution < 1.29 is 9.53 Å². The highest BCUT2D eigenvalue weighted by Gasteiger charge is 2.30. The minimum absolute atomic E-state index is 0.0640. The van der Waals surface area contributed by atoms with Crippen LogP contribution in [0.2, 0.25) is 0 Å². The maximum absolute atomic E-state index is 13.0. The molecule has 23 heavy (non-hydrogen) atoms. The Bertz CT molecular complexity index is 739. The van der Waals surface area contributed by atoms with Crippen molar-refractivity contribution in [2.75, 3.05) is 13.7 Å². The van der Waals surface area contributed by atoms with Crippen LogP contribution in [0, 0.1) is 0 Å². The number of carbonyl (C=O) groups excluding carboxylic acids is 1. The minimum atomic E-state index is -0.281. The van der Waals surface area contributed by atoms with Crippen LogP contribution in [-0.2, 0) is 0 Å². The normalized spacial score (nSPS) is 17.8. The van der Waals surface area contributed by atoms with Crippen LogP contribution >= 0.6 is 0 Å². The summed E-state index contributed by atoms with van der Waals surface area (Å²) in [4.78, 5) is 28.9. The summed E-state index contributed by atoms with van der Waals surface area (Å²) in [7, 11) is 1.47. The second-order valence-corrected chi connectivity index (χ2v) is 5.70. The lowest BCUT2D eigenvalue weighted by Crippen LogP contribution is -2.38. The van der Waals surface area contributed by atoms with Crippen molar-refractivity contribution in [2.45, 2.75) is 25.3 Å². The zero-order chi connectivity index (χ0) is 16.2. The SMILES string of the molecule is COc1cc(=O)[nH]cc1C(=O)N1CCCCC1c1ccccc1. The number of aromatic amines is 1. The zero-order valence-corrected chi connectivity index (χ0v) is 13.1. The predicted molar refractivity (Wildman–Crippen MR) is 87.7 cm³/mol. The van der Waals surface area contributed by atoms with E-state index in [-0.39, 0.29) is 17.5 Å². The third kappa shape index (κ3) is 3.13. The molecule has 2 heterocycles. The first-order chi connectivity index (χ1) is 11.2. The van der Waals surface area contributed by atoms with Crippen molar-refractivity contribution in [1.29, 1.82) is 0 Å². The molecule has 1 unspecified atom stereocenters. The van der Waals surface area contributed by atoms with Crippen LogP contribution in [0.25, 0.3) is 0 Å². The molecule has 1 aromatic carbocycles. The van der Waals surface area contributed by atoms with Crippen LogP contribution < -0.4 is 10.3 Å². The number of hydrogen-bond acceptors (Lipinski definition) is 3. The fourth-order valence-corrected chi connectivity index (χ4v) is 3.14. The molecule has 0 bridgehead atoms. The number of hydrogen-bond donors (Lipinski definition) is 1. The van der Waals surface area contributed by atoms with Gasteiger partial charge in [0.2, 0.25) is 0 Å². The first kappa shape index (κ1) is 15.3. The molecule has 5 heteroatoms. The van der Waals surface area contributed by atoms with Gasteiger partial charge in [-0.1, -0.05) is 30.3 Å². The van der Waals surface area contributed by atoms with Gasteiger partial charge in [-0.15, -0.1) is 0 Å². The molecular weight excluding hydrogens is 292 g/mol. The summed E-state index contributed by atoms with van der Waals surface area (Å²) >= 11 is 0. The van der Waals surface area contributed by atoms with Crippen molar-refractivity contribution in [3.8, 4) is 5.75 Å². The Labute approximate surface area is 134 Å². The quantitative estimate of drug-likeness (QED) is 0.948. The monoisotopic (exact) mass is 312 g/mol. The molecule has 1 fully saturated rings. The molecule has 5 nitrogen and oxygen atoms in total. The largest absolute Gasteiger partial charge is 0.496 e. The molecule has 120 valence electrons. The summed E-state index contributed by atoms with van der Waals surface area (Å²) in [6.45, 7) is 0.709. The van der Waals surface area contributed by atoms with Crippen molar-refractivity contribution in [3.63, 3.8) is 0 Å². The van der Waals surface area contributed by atoms with Crippen LogP contribution in [-0.4, -0.2) is 29.4 Å². The smallest absolute Gasteiger partial charge is 0.259 e. The number of nitrogens with one attached hydrogen (secondary N) is 1. The van der Waals surface area contributed by atoms with Gasteiger partial charge < -0.3 is 14.6 Å². The fourth-order valence-electron chi connectivity index (χ4n) is 3.14. The molecule has 0 saturated carbocycles. The van der Waals surface area contributed by atoms with Crippen molar-refractivity contribution in [1.82, 2.24) is 9.88 Å². The summed E-state index contributed by atoms with van der Waals surface area (Å²) in [6, 6.07) is 11.5. The maximum atomic E-state index is 13.0. The van der Waals surface area contributed by atoms with E-state index in [9.17, 15) is 9.59 Å². The Morgan fingerprint density at radius 2 is 2.04 bits per heavy atom. The Morgan fingerprint density at radius 1 is 1.26 bits per heavy atom. The van der Waals surface area contributed by atoms with Crippen LogP contribution in [0.15, 0.2) is 47.4 Å². The van der Waals surface area contributed by atoms with Crippen LogP contribution in [0.3, 0.4) is 0 Å². The lowest BCUT2D eigenvalue weighted by Gasteiger charge is -2.36. The average Bonchev–Trinajstić information content (AvgIpc) is 2.61. The number of amides is 1. The second-order valence-electron chi connectivity index (χ2n) is 5.70. The number of carbonyl (C=O) groups is 1. The number of nitrogens with zero attached hydrogens (tertiary/aromatic N) is 1. The van der Waals surface area contributed by atoms with Crippen molar-refractivity contribution in [3.05, 3.63) is 64.1 Å². The number of piperidine rings is 1. The third-order valence-electron chi connectivity index (χ3n) is 4.28. The molecule has 0 spiro atoms. The molecule has 2 aromatic rings. The maximum Gasteiger partial charge on any atom is 0.259 e. The van der Waals surface area contributed by atoms with E-state index < -0.39 is 0 Å². The second kappa shape index (κ2) is 6.69. The van der Waals surface area contributed by atoms with Gasteiger partial charge in [-0.3, -0.25) is 9.59 Å². The van der Waals surface area contributed by atoms with Gasteiger partial charge in [-0.2, -0.15) is 0 Å². The average molecular weight is 312 g/mol. The molecule has 1 aliphatic heterocycles. The highest BCUT2D eigenvalue weighted by molar-refractivity contribution is 5.97. The lowest BCUT2D eigenvalue weighted by molar-refractivity contribution is 0.0607. The van der Waals surface area contributed by atoms with Crippen LogP contribution in [0.4, 0.5) is 0 Å². The van der Waals surface area contributed by atoms with Crippen molar-refractivity contribution in [2.24, 2.45) is 0 Å². The van der Waals surface area contributed by atoms with Gasteiger partial charge in [0.1, 0.15) is 5.75 Å². The molecular formula is C18H20N2O3. The van der Waals surface area contributed by atoms with Gasteiger partial charge in [-0.05, 0) is 24.8 Å². The number of pyridine rings is 1. The third-order valence-corrected chi connectivity index (χ3v) is 4.28. The number of H-pyrrole nitrogens is 1. The molecule has 0 aliphatic carbocycles. The summed E-state index contributed by atoms with van der Waals surface area (Å²) in [5.41, 5.74) is 1.26. The summed E-state index contributed by atoms with van der Waals surface area (Å²) < 4.78 is 5.21. The molecule has 3 rings (SSSR count). The molecule has 1 N–H and O–H groups in total. The van der Waals surface area contributed by atoms with E-state index in [1.165, 1.54) is 19.4 Å². The minimum Gasteiger partial charge on any atom is -0.496 e. The van der Waals surface area contributed by atoms with Gasteiger partial charge in [-0.25, -0.2) is 0 Å². The Hall–Kier alpha value is -2.56. The van der Waals surface area contributed by atoms with Crippen LogP contribution in [0.5, 0.6) is 5.75 Å². The van der Waals surface area contributed by atoms with E-state index in [0.717, 1.165) is 24.8 Å². The molecule has 0 radical (unpaired) electrons. The number of benzene rings is 1. The number of likely N-dealkylation sites (tertiary alicyclic amines) is 1. The van der Waals surface area contributed by atoms with E-state index in [0.29, 0.717) is 17.9 Å². The molecule has 1 amide bonds. The topological polar surface area (TPSA) is 62.4 Å². The van der Waals surface area contributed by atoms with E-state index >= 15 is 0 Å². The van der Waals surface area contributed by atoms with Gasteiger partial charge in [0.15, 0.2) is 0 Å². The van der Waals surface area contributed by atoms with Gasteiger partial charge in [0.05, 0.1) is 18.7 Å². The highest BCUT2D eigenvalue weighted by Crippen LogP contribution is 2.33. The van der Waals surface area contributed by atoms with Crippen molar-refractivity contribution >= 4 is 5.91 Å². The fraction of sp³-hybridized carbons (Fsp3) is 0.333. The molecule has 1 saturated heterocycles. The van der Waals surface area contributed by atoms with E-state index in [4.69, 9.17) is 4.74 Å². The van der Waals surface area contributed by atoms with E-state index in [1.54, 1.807) is 0 Å². The summed E-state index contributed by atoms with van der Waals surface area (Å²) in [6.07, 6.45) is 4.48. The summed E-state index contributed by atoms with van der Waals surface area (Å²) in [5.74, 6) is 0.211. The Balaban J connectivity index is 1.95. The van der Waals surface area contributed by atoms with E-state index in [2.05, 4.69) is 17.1 Å². The first-order valence-corrected chi connectivity index (χ1v) is 7.83. The molecule has 1 aromatic heterocycles. The predicted octanol–water partition coefficient (Wildman–Crippen LogP) is 2.75. The Morgan fingerprint density at radius 3 is 2.78 bits per heavy atom. The van der Waals surface area contributed by atoms with Gasteiger partial charge >= 0.3 is 0 Å². The first-order valence-electron chi connectivity index (χ1n) is 7.83. The highest BCUT2D eigenvalue weighted by atomic mass is 16.5. The number of methoxy groups -OCH3 is 1. The summed E-state index contributed by atoms with van der Waals surface area (Å²) in [5, 5.41) is 0. The number of rotatable bonds is 3. The lowest BCUT2D eigenvalue weighted by atomic mass is 9.94. The zero-order valence-electron chi connectivity index (χ0n) is 13.1. The Kier molecular flexibility index (Phi) is 4.46. The number of ether oxygens (including phenoxy) is 1. The van der Waals surface area contributed by atoms with Crippen LogP contribution in [0.1, 0.15) is 41.2 Å². The standard InChI is InChI=1S/C18H20N2O3/c1-23-16-11-17(21)19-12-14(16)18(22)20-10-6-5-9-15(20)13-7-3-2-4-8-13/h2-4,7-8,11-12,15H,5-6,9-10H2,1H3,(H,19,21). The molecule has 1 aliphatic rings. The van der Waals surface area contributed by atoms with Gasteiger partial charge in [0.25, 0.3) is 11.5 Å². The van der Waals surface area contributed by atoms with Gasteiger partial charge in [0, 0.05) is 18.8 Å². The number of aromatic nitrogens is 1. The van der Waals surface area contributed by atoms with E-state index in [1.807, 2.05) is 23.1 Å². The molecule has 1 atom stereocenters.